The number of anilines is 1. The highest BCUT2D eigenvalue weighted by atomic mass is 32.1. The molecule has 0 saturated carbocycles. The lowest BCUT2D eigenvalue weighted by Crippen LogP contribution is -2.00. The molecule has 22 heavy (non-hydrogen) atoms. The fourth-order valence-corrected chi connectivity index (χ4v) is 2.46. The maximum Gasteiger partial charge on any atom is 0.263 e. The van der Waals surface area contributed by atoms with Gasteiger partial charge in [-0.1, -0.05) is 12.1 Å². The number of benzene rings is 1. The van der Waals surface area contributed by atoms with Crippen LogP contribution in [-0.4, -0.2) is 28.5 Å². The van der Waals surface area contributed by atoms with Crippen LogP contribution in [0.2, 0.25) is 0 Å². The molecule has 0 amide bonds. The standard InChI is InChI=1S/C15H13N5OS/c1-21-14-5-3-2-4-12(14)13-9-17-20-15(18-13)19-16-8-11-6-7-22-10-11/h2-10H,1H3,(H,18,19,20)/b16-8+. The number of methoxy groups -OCH3 is 1. The van der Waals surface area contributed by atoms with E-state index in [0.717, 1.165) is 16.9 Å². The third-order valence-corrected chi connectivity index (χ3v) is 3.56. The van der Waals surface area contributed by atoms with E-state index in [9.17, 15) is 0 Å². The van der Waals surface area contributed by atoms with Crippen molar-refractivity contribution in [2.75, 3.05) is 12.5 Å². The minimum Gasteiger partial charge on any atom is -0.496 e. The Balaban J connectivity index is 1.80. The van der Waals surface area contributed by atoms with E-state index in [4.69, 9.17) is 4.74 Å². The number of thiophene rings is 1. The van der Waals surface area contributed by atoms with Crippen molar-refractivity contribution in [3.05, 3.63) is 52.9 Å². The third-order valence-electron chi connectivity index (χ3n) is 2.86. The smallest absolute Gasteiger partial charge is 0.263 e. The van der Waals surface area contributed by atoms with Crippen molar-refractivity contribution in [2.45, 2.75) is 0 Å². The summed E-state index contributed by atoms with van der Waals surface area (Å²) in [5, 5.41) is 15.9. The molecule has 1 N–H and O–H groups in total. The van der Waals surface area contributed by atoms with Gasteiger partial charge in [0, 0.05) is 11.1 Å². The Morgan fingerprint density at radius 1 is 1.27 bits per heavy atom. The third kappa shape index (κ3) is 3.26. The molecule has 0 radical (unpaired) electrons. The van der Waals surface area contributed by atoms with Gasteiger partial charge in [0.05, 0.1) is 25.2 Å². The SMILES string of the molecule is COc1ccccc1-c1cnnc(N/N=C/c2ccsc2)n1. The second kappa shape index (κ2) is 6.77. The molecule has 1 aromatic carbocycles. The molecule has 110 valence electrons. The molecule has 0 aliphatic rings. The van der Waals surface area contributed by atoms with Crippen molar-refractivity contribution in [3.63, 3.8) is 0 Å². The summed E-state index contributed by atoms with van der Waals surface area (Å²) in [4.78, 5) is 4.39. The number of rotatable bonds is 5. The Morgan fingerprint density at radius 2 is 2.18 bits per heavy atom. The lowest BCUT2D eigenvalue weighted by atomic mass is 10.1. The average Bonchev–Trinajstić information content (AvgIpc) is 3.08. The van der Waals surface area contributed by atoms with Gasteiger partial charge in [-0.25, -0.2) is 10.4 Å². The molecule has 0 unspecified atom stereocenters. The quantitative estimate of drug-likeness (QED) is 0.579. The Morgan fingerprint density at radius 3 is 3.00 bits per heavy atom. The van der Waals surface area contributed by atoms with Crippen LogP contribution >= 0.6 is 11.3 Å². The summed E-state index contributed by atoms with van der Waals surface area (Å²) in [7, 11) is 1.62. The summed E-state index contributed by atoms with van der Waals surface area (Å²) in [6.45, 7) is 0. The zero-order chi connectivity index (χ0) is 15.2. The zero-order valence-corrected chi connectivity index (χ0v) is 12.6. The van der Waals surface area contributed by atoms with Crippen molar-refractivity contribution in [3.8, 4) is 17.0 Å². The average molecular weight is 311 g/mol. The summed E-state index contributed by atoms with van der Waals surface area (Å²) in [5.41, 5.74) is 5.32. The first kappa shape index (κ1) is 14.2. The van der Waals surface area contributed by atoms with Crippen molar-refractivity contribution in [1.82, 2.24) is 15.2 Å². The molecule has 0 spiro atoms. The molecule has 6 nitrogen and oxygen atoms in total. The van der Waals surface area contributed by atoms with Gasteiger partial charge in [-0.15, -0.1) is 5.10 Å². The lowest BCUT2D eigenvalue weighted by molar-refractivity contribution is 0.416. The molecular formula is C15H13N5OS. The minimum absolute atomic E-state index is 0.329. The maximum absolute atomic E-state index is 5.33. The van der Waals surface area contributed by atoms with E-state index < -0.39 is 0 Å². The van der Waals surface area contributed by atoms with E-state index in [2.05, 4.69) is 25.7 Å². The number of nitrogens with zero attached hydrogens (tertiary/aromatic N) is 4. The number of ether oxygens (including phenoxy) is 1. The summed E-state index contributed by atoms with van der Waals surface area (Å²) < 4.78 is 5.33. The highest BCUT2D eigenvalue weighted by Gasteiger charge is 2.08. The van der Waals surface area contributed by atoms with E-state index >= 15 is 0 Å². The van der Waals surface area contributed by atoms with Gasteiger partial charge in [0.2, 0.25) is 0 Å². The molecule has 3 aromatic rings. The van der Waals surface area contributed by atoms with Gasteiger partial charge in [-0.05, 0) is 29.0 Å². The second-order valence-corrected chi connectivity index (χ2v) is 5.07. The van der Waals surface area contributed by atoms with Gasteiger partial charge in [0.1, 0.15) is 5.75 Å². The van der Waals surface area contributed by atoms with Gasteiger partial charge >= 0.3 is 0 Å². The fourth-order valence-electron chi connectivity index (χ4n) is 1.85. The molecule has 0 saturated heterocycles. The molecular weight excluding hydrogens is 298 g/mol. The maximum atomic E-state index is 5.33. The zero-order valence-electron chi connectivity index (χ0n) is 11.8. The predicted octanol–water partition coefficient (Wildman–Crippen LogP) is 3.05. The monoisotopic (exact) mass is 311 g/mol. The molecule has 0 fully saturated rings. The molecule has 0 bridgehead atoms. The first-order valence-corrected chi connectivity index (χ1v) is 7.45. The highest BCUT2D eigenvalue weighted by molar-refractivity contribution is 7.08. The van der Waals surface area contributed by atoms with Crippen LogP contribution in [0, 0.1) is 0 Å². The second-order valence-electron chi connectivity index (χ2n) is 4.29. The van der Waals surface area contributed by atoms with Crippen LogP contribution < -0.4 is 10.2 Å². The minimum atomic E-state index is 0.329. The molecule has 7 heteroatoms. The predicted molar refractivity (Wildman–Crippen MR) is 87.4 cm³/mol. The fraction of sp³-hybridized carbons (Fsp3) is 0.0667. The van der Waals surface area contributed by atoms with Crippen LogP contribution in [0.1, 0.15) is 5.56 Å². The van der Waals surface area contributed by atoms with Gasteiger partial charge in [-0.3, -0.25) is 0 Å². The van der Waals surface area contributed by atoms with Crippen LogP contribution in [0.4, 0.5) is 5.95 Å². The van der Waals surface area contributed by atoms with Crippen LogP contribution in [0.5, 0.6) is 5.75 Å². The highest BCUT2D eigenvalue weighted by Crippen LogP contribution is 2.27. The molecule has 2 aromatic heterocycles. The summed E-state index contributed by atoms with van der Waals surface area (Å²) in [5.74, 6) is 1.06. The van der Waals surface area contributed by atoms with E-state index in [1.54, 1.807) is 30.9 Å². The van der Waals surface area contributed by atoms with Gasteiger partial charge in [-0.2, -0.15) is 21.5 Å². The van der Waals surface area contributed by atoms with Crippen molar-refractivity contribution < 1.29 is 4.74 Å². The Bertz CT molecular complexity index is 773. The Hall–Kier alpha value is -2.80. The topological polar surface area (TPSA) is 72.3 Å². The van der Waals surface area contributed by atoms with E-state index in [0.29, 0.717) is 11.6 Å². The van der Waals surface area contributed by atoms with Crippen molar-refractivity contribution in [1.29, 1.82) is 0 Å². The van der Waals surface area contributed by atoms with Gasteiger partial charge < -0.3 is 4.74 Å². The number of hydrogen-bond acceptors (Lipinski definition) is 7. The molecule has 0 aliphatic heterocycles. The van der Waals surface area contributed by atoms with Crippen LogP contribution in [0.25, 0.3) is 11.3 Å². The number of hydrazone groups is 1. The first-order chi connectivity index (χ1) is 10.9. The van der Waals surface area contributed by atoms with Gasteiger partial charge in [0.15, 0.2) is 0 Å². The van der Waals surface area contributed by atoms with Crippen molar-refractivity contribution >= 4 is 23.5 Å². The van der Waals surface area contributed by atoms with E-state index in [1.807, 2.05) is 41.1 Å². The van der Waals surface area contributed by atoms with E-state index in [-0.39, 0.29) is 0 Å². The Labute approximate surface area is 131 Å². The van der Waals surface area contributed by atoms with Crippen LogP contribution in [0.3, 0.4) is 0 Å². The number of aromatic nitrogens is 3. The van der Waals surface area contributed by atoms with Crippen molar-refractivity contribution in [2.24, 2.45) is 5.10 Å². The molecule has 0 atom stereocenters. The van der Waals surface area contributed by atoms with E-state index in [1.165, 1.54) is 0 Å². The number of hydrogen-bond donors (Lipinski definition) is 1. The van der Waals surface area contributed by atoms with Crippen LogP contribution in [-0.2, 0) is 0 Å². The molecule has 0 aliphatic carbocycles. The Kier molecular flexibility index (Phi) is 4.35. The molecule has 2 heterocycles. The summed E-state index contributed by atoms with van der Waals surface area (Å²) in [6.07, 6.45) is 3.29. The molecule has 3 rings (SSSR count). The summed E-state index contributed by atoms with van der Waals surface area (Å²) >= 11 is 1.61. The van der Waals surface area contributed by atoms with Crippen LogP contribution in [0.15, 0.2) is 52.4 Å². The largest absolute Gasteiger partial charge is 0.496 e. The summed E-state index contributed by atoms with van der Waals surface area (Å²) in [6, 6.07) is 9.59. The normalized spacial score (nSPS) is 10.8. The number of nitrogens with one attached hydrogen (secondary N) is 1. The number of para-hydroxylation sites is 1. The lowest BCUT2D eigenvalue weighted by Gasteiger charge is -2.07. The first-order valence-electron chi connectivity index (χ1n) is 6.51. The van der Waals surface area contributed by atoms with Gasteiger partial charge in [0.25, 0.3) is 5.95 Å².